The topological polar surface area (TPSA) is 107 Å². The molecule has 2 N–H and O–H groups in total. The van der Waals surface area contributed by atoms with Crippen LogP contribution in [0.25, 0.3) is 0 Å². The molecule has 0 radical (unpaired) electrons. The molecule has 114 valence electrons. The Morgan fingerprint density at radius 3 is 2.16 bits per heavy atom. The molecule has 1 atom stereocenters. The molecule has 0 saturated carbocycles. The van der Waals surface area contributed by atoms with E-state index >= 15 is 0 Å². The van der Waals surface area contributed by atoms with E-state index in [0.29, 0.717) is 6.04 Å². The van der Waals surface area contributed by atoms with E-state index in [1.165, 1.54) is 0 Å². The number of amides is 1. The smallest absolute Gasteiger partial charge is 0.217 e. The Balaban J connectivity index is 0.000000555. The number of rotatable bonds is 1. The van der Waals surface area contributed by atoms with Gasteiger partial charge in [-0.3, -0.25) is 9.35 Å². The van der Waals surface area contributed by atoms with E-state index in [0.717, 1.165) is 23.9 Å². The number of likely N-dealkylation sites (tertiary alicyclic amines) is 1. The maximum Gasteiger partial charge on any atom is 0.217 e. The SMILES string of the molecule is CC(=O)NC1CC[N+](C)(C)C(C)(C)C1.O=S(=O)([O-])O. The van der Waals surface area contributed by atoms with Crippen molar-refractivity contribution in [3.8, 4) is 0 Å². The maximum absolute atomic E-state index is 11.0. The van der Waals surface area contributed by atoms with Gasteiger partial charge in [0.1, 0.15) is 0 Å². The van der Waals surface area contributed by atoms with Gasteiger partial charge in [-0.1, -0.05) is 0 Å². The van der Waals surface area contributed by atoms with Gasteiger partial charge in [-0.2, -0.15) is 0 Å². The Labute approximate surface area is 115 Å². The number of hydrogen-bond donors (Lipinski definition) is 2. The second-order valence-corrected chi connectivity index (χ2v) is 6.89. The van der Waals surface area contributed by atoms with Gasteiger partial charge in [0.25, 0.3) is 0 Å². The minimum Gasteiger partial charge on any atom is -0.726 e. The third-order valence-corrected chi connectivity index (χ3v) is 3.83. The number of carbonyl (C=O) groups excluding carboxylic acids is 1. The first-order chi connectivity index (χ1) is 8.24. The van der Waals surface area contributed by atoms with E-state index in [1.54, 1.807) is 6.92 Å². The Bertz CT molecular complexity index is 409. The zero-order chi connectivity index (χ0) is 15.5. The summed E-state index contributed by atoms with van der Waals surface area (Å²) in [5.41, 5.74) is 0.255. The van der Waals surface area contributed by atoms with E-state index in [1.807, 2.05) is 0 Å². The van der Waals surface area contributed by atoms with Gasteiger partial charge in [0.05, 0.1) is 26.2 Å². The minimum absolute atomic E-state index is 0.0954. The van der Waals surface area contributed by atoms with Crippen molar-refractivity contribution in [1.82, 2.24) is 5.32 Å². The molecule has 0 bridgehead atoms. The van der Waals surface area contributed by atoms with Gasteiger partial charge in [0.15, 0.2) is 0 Å². The summed E-state index contributed by atoms with van der Waals surface area (Å²) in [4.78, 5) is 11.0. The van der Waals surface area contributed by atoms with Crippen molar-refractivity contribution in [3.63, 3.8) is 0 Å². The maximum atomic E-state index is 11.0. The Morgan fingerprint density at radius 1 is 1.42 bits per heavy atom. The standard InChI is InChI=1S/C11H22N2O.H2O4S/c1-9(14)12-10-6-7-13(4,5)11(2,3)8-10;1-5(2,3)4/h10H,6-8H2,1-5H3;(H2,1,2,3,4). The van der Waals surface area contributed by atoms with Crippen LogP contribution in [0.15, 0.2) is 0 Å². The molecule has 1 heterocycles. The molecule has 0 aromatic carbocycles. The van der Waals surface area contributed by atoms with Crippen LogP contribution in [0.5, 0.6) is 0 Å². The molecule has 1 saturated heterocycles. The molecule has 1 rings (SSSR count). The van der Waals surface area contributed by atoms with E-state index in [2.05, 4.69) is 33.3 Å². The van der Waals surface area contributed by atoms with Crippen molar-refractivity contribution < 1.29 is 26.8 Å². The molecule has 19 heavy (non-hydrogen) atoms. The van der Waals surface area contributed by atoms with Crippen LogP contribution in [-0.2, 0) is 15.2 Å². The first kappa shape index (κ1) is 18.3. The molecule has 0 aromatic heterocycles. The molecule has 1 fully saturated rings. The van der Waals surface area contributed by atoms with Crippen molar-refractivity contribution in [2.24, 2.45) is 0 Å². The zero-order valence-electron chi connectivity index (χ0n) is 12.1. The lowest BCUT2D eigenvalue weighted by atomic mass is 9.85. The Kier molecular flexibility index (Phi) is 5.94. The van der Waals surface area contributed by atoms with Crippen molar-refractivity contribution in [2.45, 2.75) is 45.2 Å². The van der Waals surface area contributed by atoms with Crippen LogP contribution in [0, 0.1) is 0 Å². The second kappa shape index (κ2) is 6.17. The van der Waals surface area contributed by atoms with Gasteiger partial charge < -0.3 is 14.4 Å². The molecule has 7 nitrogen and oxygen atoms in total. The molecule has 1 aliphatic heterocycles. The van der Waals surface area contributed by atoms with E-state index in [-0.39, 0.29) is 11.4 Å². The number of quaternary nitrogens is 1. The number of nitrogens with zero attached hydrogens (tertiary/aromatic N) is 1. The summed E-state index contributed by atoms with van der Waals surface area (Å²) in [6.45, 7) is 7.29. The van der Waals surface area contributed by atoms with Gasteiger partial charge in [0, 0.05) is 25.8 Å². The highest BCUT2D eigenvalue weighted by Gasteiger charge is 2.42. The molecular weight excluding hydrogens is 272 g/mol. The van der Waals surface area contributed by atoms with Crippen molar-refractivity contribution in [1.29, 1.82) is 0 Å². The zero-order valence-corrected chi connectivity index (χ0v) is 13.0. The predicted molar refractivity (Wildman–Crippen MR) is 70.2 cm³/mol. The monoisotopic (exact) mass is 296 g/mol. The van der Waals surface area contributed by atoms with Crippen molar-refractivity contribution in [2.75, 3.05) is 20.6 Å². The first-order valence-corrected chi connectivity index (χ1v) is 7.39. The summed E-state index contributed by atoms with van der Waals surface area (Å²) in [5, 5.41) is 3.03. The second-order valence-electron chi connectivity index (χ2n) is 6.04. The van der Waals surface area contributed by atoms with Crippen LogP contribution in [0.4, 0.5) is 0 Å². The molecule has 8 heteroatoms. The molecule has 1 aliphatic rings. The largest absolute Gasteiger partial charge is 0.726 e. The summed E-state index contributed by atoms with van der Waals surface area (Å²) in [6.07, 6.45) is 2.16. The summed E-state index contributed by atoms with van der Waals surface area (Å²) >= 11 is 0. The summed E-state index contributed by atoms with van der Waals surface area (Å²) in [6, 6.07) is 0.369. The Hall–Kier alpha value is -0.700. The van der Waals surface area contributed by atoms with Crippen LogP contribution in [-0.4, -0.2) is 60.1 Å². The van der Waals surface area contributed by atoms with E-state index in [9.17, 15) is 4.79 Å². The van der Waals surface area contributed by atoms with Gasteiger partial charge in [-0.25, -0.2) is 8.42 Å². The van der Waals surface area contributed by atoms with Crippen LogP contribution < -0.4 is 5.32 Å². The van der Waals surface area contributed by atoms with Gasteiger partial charge in [-0.05, 0) is 13.8 Å². The average molecular weight is 296 g/mol. The summed E-state index contributed by atoms with van der Waals surface area (Å²) in [5.74, 6) is 0.0954. The predicted octanol–water partition coefficient (Wildman–Crippen LogP) is 0.145. The normalized spacial score (nSPS) is 24.9. The lowest BCUT2D eigenvalue weighted by Gasteiger charge is -2.50. The van der Waals surface area contributed by atoms with Crippen LogP contribution in [0.2, 0.25) is 0 Å². The number of hydrogen-bond acceptors (Lipinski definition) is 4. The highest BCUT2D eigenvalue weighted by atomic mass is 32.3. The van der Waals surface area contributed by atoms with Crippen molar-refractivity contribution in [3.05, 3.63) is 0 Å². The van der Waals surface area contributed by atoms with Gasteiger partial charge in [0.2, 0.25) is 16.3 Å². The highest BCUT2D eigenvalue weighted by Crippen LogP contribution is 2.31. The molecule has 0 spiro atoms. The lowest BCUT2D eigenvalue weighted by Crippen LogP contribution is -2.63. The summed E-state index contributed by atoms with van der Waals surface area (Å²) in [7, 11) is -0.381. The van der Waals surface area contributed by atoms with Crippen molar-refractivity contribution >= 4 is 16.3 Å². The third kappa shape index (κ3) is 7.46. The fourth-order valence-corrected chi connectivity index (χ4v) is 2.14. The summed E-state index contributed by atoms with van der Waals surface area (Å²) < 4.78 is 33.9. The molecule has 0 aliphatic carbocycles. The van der Waals surface area contributed by atoms with Crippen LogP contribution in [0.1, 0.15) is 33.6 Å². The fraction of sp³-hybridized carbons (Fsp3) is 0.909. The molecular formula is C11H24N2O5S. The van der Waals surface area contributed by atoms with Gasteiger partial charge in [-0.15, -0.1) is 0 Å². The third-order valence-electron chi connectivity index (χ3n) is 3.83. The number of carbonyl (C=O) groups is 1. The van der Waals surface area contributed by atoms with E-state index < -0.39 is 10.4 Å². The lowest BCUT2D eigenvalue weighted by molar-refractivity contribution is -0.943. The number of piperidine rings is 1. The van der Waals surface area contributed by atoms with E-state index in [4.69, 9.17) is 17.5 Å². The number of nitrogens with one attached hydrogen (secondary N) is 1. The average Bonchev–Trinajstić information content (AvgIpc) is 2.07. The van der Waals surface area contributed by atoms with Crippen LogP contribution >= 0.6 is 0 Å². The highest BCUT2D eigenvalue weighted by molar-refractivity contribution is 7.79. The molecule has 0 aromatic rings. The Morgan fingerprint density at radius 2 is 1.84 bits per heavy atom. The molecule has 1 amide bonds. The van der Waals surface area contributed by atoms with Crippen LogP contribution in [0.3, 0.4) is 0 Å². The molecule has 1 unspecified atom stereocenters. The minimum atomic E-state index is -4.92. The van der Waals surface area contributed by atoms with Gasteiger partial charge >= 0.3 is 0 Å². The fourth-order valence-electron chi connectivity index (χ4n) is 2.14. The quantitative estimate of drug-likeness (QED) is 0.407. The first-order valence-electron chi connectivity index (χ1n) is 6.03.